The van der Waals surface area contributed by atoms with Crippen molar-refractivity contribution < 1.29 is 9.53 Å². The lowest BCUT2D eigenvalue weighted by Crippen LogP contribution is -2.45. The Balaban J connectivity index is 1.36. The van der Waals surface area contributed by atoms with Crippen molar-refractivity contribution >= 4 is 17.7 Å². The van der Waals surface area contributed by atoms with E-state index in [9.17, 15) is 4.79 Å². The van der Waals surface area contributed by atoms with Gasteiger partial charge >= 0.3 is 6.09 Å². The molecule has 1 aromatic rings. The van der Waals surface area contributed by atoms with Crippen LogP contribution in [0.3, 0.4) is 0 Å². The first-order valence-electron chi connectivity index (χ1n) is 9.24. The van der Waals surface area contributed by atoms with Gasteiger partial charge in [-0.1, -0.05) is 23.7 Å². The van der Waals surface area contributed by atoms with Crippen LogP contribution in [0.25, 0.3) is 0 Å². The van der Waals surface area contributed by atoms with Crippen molar-refractivity contribution in [1.82, 2.24) is 14.7 Å². The molecular formula is C19H26ClN3O2. The molecule has 0 unspecified atom stereocenters. The Bertz CT molecular complexity index is 633. The molecule has 0 radical (unpaired) electrons. The van der Waals surface area contributed by atoms with Gasteiger partial charge in [0.05, 0.1) is 6.04 Å². The number of halogens is 1. The molecule has 0 spiro atoms. The van der Waals surface area contributed by atoms with Crippen LogP contribution in [-0.2, 0) is 11.2 Å². The molecular weight excluding hydrogens is 338 g/mol. The summed E-state index contributed by atoms with van der Waals surface area (Å²) < 4.78 is 5.66. The number of piperidine rings is 1. The predicted molar refractivity (Wildman–Crippen MR) is 98.0 cm³/mol. The number of ether oxygens (including phenoxy) is 1. The molecule has 4 rings (SSSR count). The molecule has 0 N–H and O–H groups in total. The van der Waals surface area contributed by atoms with E-state index >= 15 is 0 Å². The van der Waals surface area contributed by atoms with E-state index in [1.165, 1.54) is 12.8 Å². The van der Waals surface area contributed by atoms with Crippen LogP contribution in [0.2, 0.25) is 5.02 Å². The number of rotatable bonds is 4. The second-order valence-electron chi connectivity index (χ2n) is 7.55. The number of nitrogens with zero attached hydrogens (tertiary/aromatic N) is 3. The summed E-state index contributed by atoms with van der Waals surface area (Å²) in [4.78, 5) is 19.1. The minimum absolute atomic E-state index is 0.0338. The van der Waals surface area contributed by atoms with Gasteiger partial charge in [-0.15, -0.1) is 0 Å². The van der Waals surface area contributed by atoms with Gasteiger partial charge in [-0.3, -0.25) is 9.80 Å². The van der Waals surface area contributed by atoms with Crippen molar-refractivity contribution in [1.29, 1.82) is 0 Å². The zero-order valence-corrected chi connectivity index (χ0v) is 15.5. The van der Waals surface area contributed by atoms with Gasteiger partial charge in [-0.2, -0.15) is 0 Å². The second kappa shape index (κ2) is 7.14. The highest BCUT2D eigenvalue weighted by molar-refractivity contribution is 6.30. The SMILES string of the molecule is CN1CCC(N2C[C@@H]3OC(=O)N(CCc4cccc(Cl)c4)[C@@H]3C2)CC1. The minimum Gasteiger partial charge on any atom is -0.442 e. The molecule has 5 nitrogen and oxygen atoms in total. The largest absolute Gasteiger partial charge is 0.442 e. The number of benzene rings is 1. The standard InChI is InChI=1S/C19H26ClN3O2/c1-21-8-6-16(7-9-21)22-12-17-18(13-22)25-19(24)23(17)10-5-14-3-2-4-15(20)11-14/h2-4,11,16-18H,5-10,12-13H2,1H3/t17-,18+/m1/s1. The molecule has 0 aliphatic carbocycles. The van der Waals surface area contributed by atoms with E-state index in [2.05, 4.69) is 22.9 Å². The number of hydrogen-bond donors (Lipinski definition) is 0. The molecule has 1 amide bonds. The molecule has 0 saturated carbocycles. The molecule has 3 aliphatic heterocycles. The number of carbonyl (C=O) groups is 1. The van der Waals surface area contributed by atoms with E-state index in [0.717, 1.165) is 43.2 Å². The Kier molecular flexibility index (Phi) is 4.89. The van der Waals surface area contributed by atoms with Crippen LogP contribution in [-0.4, -0.2) is 78.8 Å². The molecule has 3 fully saturated rings. The van der Waals surface area contributed by atoms with Crippen LogP contribution in [0.1, 0.15) is 18.4 Å². The quantitative estimate of drug-likeness (QED) is 0.823. The highest BCUT2D eigenvalue weighted by Gasteiger charge is 2.48. The van der Waals surface area contributed by atoms with E-state index in [-0.39, 0.29) is 18.2 Å². The van der Waals surface area contributed by atoms with E-state index < -0.39 is 0 Å². The summed E-state index contributed by atoms with van der Waals surface area (Å²) in [5.74, 6) is 0. The van der Waals surface area contributed by atoms with Crippen LogP contribution in [0.4, 0.5) is 4.79 Å². The van der Waals surface area contributed by atoms with Gasteiger partial charge in [-0.25, -0.2) is 4.79 Å². The molecule has 6 heteroatoms. The topological polar surface area (TPSA) is 36.0 Å². The lowest BCUT2D eigenvalue weighted by atomic mass is 10.0. The van der Waals surface area contributed by atoms with Gasteiger partial charge in [0.1, 0.15) is 6.10 Å². The third-order valence-electron chi connectivity index (χ3n) is 5.89. The fourth-order valence-corrected chi connectivity index (χ4v) is 4.60. The maximum atomic E-state index is 12.3. The first-order valence-corrected chi connectivity index (χ1v) is 9.62. The van der Waals surface area contributed by atoms with Crippen molar-refractivity contribution in [3.05, 3.63) is 34.9 Å². The summed E-state index contributed by atoms with van der Waals surface area (Å²) in [5, 5.41) is 0.744. The molecule has 0 bridgehead atoms. The number of amides is 1. The summed E-state index contributed by atoms with van der Waals surface area (Å²) in [6.45, 7) is 4.85. The summed E-state index contributed by atoms with van der Waals surface area (Å²) >= 11 is 6.06. The van der Waals surface area contributed by atoms with Gasteiger partial charge < -0.3 is 9.64 Å². The van der Waals surface area contributed by atoms with Gasteiger partial charge in [0.15, 0.2) is 0 Å². The molecule has 3 aliphatic rings. The zero-order chi connectivity index (χ0) is 17.4. The van der Waals surface area contributed by atoms with Gasteiger partial charge in [0.2, 0.25) is 0 Å². The summed E-state index contributed by atoms with van der Waals surface area (Å²) in [7, 11) is 2.19. The van der Waals surface area contributed by atoms with E-state index in [1.807, 2.05) is 23.1 Å². The molecule has 0 aromatic heterocycles. The van der Waals surface area contributed by atoms with Crippen molar-refractivity contribution in [2.75, 3.05) is 39.8 Å². The third kappa shape index (κ3) is 3.64. The van der Waals surface area contributed by atoms with Crippen molar-refractivity contribution in [2.24, 2.45) is 0 Å². The van der Waals surface area contributed by atoms with Gasteiger partial charge in [0, 0.05) is 30.7 Å². The monoisotopic (exact) mass is 363 g/mol. The third-order valence-corrected chi connectivity index (χ3v) is 6.12. The number of likely N-dealkylation sites (tertiary alicyclic amines) is 2. The maximum absolute atomic E-state index is 12.3. The molecule has 3 saturated heterocycles. The lowest BCUT2D eigenvalue weighted by Gasteiger charge is -2.35. The molecule has 1 aromatic carbocycles. The van der Waals surface area contributed by atoms with Crippen LogP contribution < -0.4 is 0 Å². The Hall–Kier alpha value is -1.30. The first kappa shape index (κ1) is 17.1. The lowest BCUT2D eigenvalue weighted by molar-refractivity contribution is 0.0942. The maximum Gasteiger partial charge on any atom is 0.410 e. The van der Waals surface area contributed by atoms with E-state index in [4.69, 9.17) is 16.3 Å². The average molecular weight is 364 g/mol. The molecule has 25 heavy (non-hydrogen) atoms. The summed E-state index contributed by atoms with van der Waals surface area (Å²) in [6, 6.07) is 8.70. The van der Waals surface area contributed by atoms with Gasteiger partial charge in [0.25, 0.3) is 0 Å². The van der Waals surface area contributed by atoms with Crippen molar-refractivity contribution in [2.45, 2.75) is 37.5 Å². The van der Waals surface area contributed by atoms with Crippen LogP contribution in [0.15, 0.2) is 24.3 Å². The zero-order valence-electron chi connectivity index (χ0n) is 14.7. The normalized spacial score (nSPS) is 28.4. The van der Waals surface area contributed by atoms with Crippen molar-refractivity contribution in [3.8, 4) is 0 Å². The van der Waals surface area contributed by atoms with Crippen LogP contribution >= 0.6 is 11.6 Å². The van der Waals surface area contributed by atoms with Crippen LogP contribution in [0, 0.1) is 0 Å². The highest BCUT2D eigenvalue weighted by Crippen LogP contribution is 2.30. The Morgan fingerprint density at radius 1 is 1.24 bits per heavy atom. The fraction of sp³-hybridized carbons (Fsp3) is 0.632. The first-order chi connectivity index (χ1) is 12.1. The average Bonchev–Trinajstić information content (AvgIpc) is 3.11. The van der Waals surface area contributed by atoms with Crippen LogP contribution in [0.5, 0.6) is 0 Å². The number of hydrogen-bond acceptors (Lipinski definition) is 4. The summed E-state index contributed by atoms with van der Waals surface area (Å²) in [6.07, 6.45) is 3.12. The fourth-order valence-electron chi connectivity index (χ4n) is 4.39. The number of fused-ring (bicyclic) bond motifs is 1. The molecule has 136 valence electrons. The molecule has 3 heterocycles. The van der Waals surface area contributed by atoms with E-state index in [1.54, 1.807) is 0 Å². The second-order valence-corrected chi connectivity index (χ2v) is 7.99. The summed E-state index contributed by atoms with van der Waals surface area (Å²) in [5.41, 5.74) is 1.16. The Morgan fingerprint density at radius 3 is 2.80 bits per heavy atom. The molecule has 2 atom stereocenters. The predicted octanol–water partition coefficient (Wildman–Crippen LogP) is 2.48. The van der Waals surface area contributed by atoms with E-state index in [0.29, 0.717) is 12.6 Å². The Morgan fingerprint density at radius 2 is 2.04 bits per heavy atom. The smallest absolute Gasteiger partial charge is 0.410 e. The van der Waals surface area contributed by atoms with Crippen molar-refractivity contribution in [3.63, 3.8) is 0 Å². The highest BCUT2D eigenvalue weighted by atomic mass is 35.5. The Labute approximate surface area is 154 Å². The minimum atomic E-state index is -0.153. The number of carbonyl (C=O) groups excluding carboxylic acids is 1. The van der Waals surface area contributed by atoms with Gasteiger partial charge in [-0.05, 0) is 57.1 Å².